The standard InChI is InChI=1S/C18H35N3O2/c22-18(15-19-10-12-23-13-11-19)16-20-7-5-6-17(14-20)21-8-3-1-2-4-9-21/h17-18,22H,1-16H2. The van der Waals surface area contributed by atoms with Crippen LogP contribution in [0.5, 0.6) is 0 Å². The van der Waals surface area contributed by atoms with E-state index >= 15 is 0 Å². The van der Waals surface area contributed by atoms with Gasteiger partial charge in [-0.2, -0.15) is 0 Å². The van der Waals surface area contributed by atoms with Crippen molar-refractivity contribution >= 4 is 0 Å². The van der Waals surface area contributed by atoms with E-state index in [9.17, 15) is 5.11 Å². The highest BCUT2D eigenvalue weighted by molar-refractivity contribution is 4.83. The number of morpholine rings is 1. The number of piperidine rings is 1. The lowest BCUT2D eigenvalue weighted by Crippen LogP contribution is -2.51. The first kappa shape index (κ1) is 17.6. The Hall–Kier alpha value is -0.200. The molecular weight excluding hydrogens is 290 g/mol. The molecule has 3 fully saturated rings. The molecule has 1 N–H and O–H groups in total. The Bertz CT molecular complexity index is 328. The van der Waals surface area contributed by atoms with E-state index in [-0.39, 0.29) is 6.10 Å². The van der Waals surface area contributed by atoms with E-state index in [0.717, 1.165) is 58.5 Å². The van der Waals surface area contributed by atoms with E-state index in [4.69, 9.17) is 4.74 Å². The minimum Gasteiger partial charge on any atom is -0.390 e. The van der Waals surface area contributed by atoms with Crippen LogP contribution in [0.4, 0.5) is 0 Å². The van der Waals surface area contributed by atoms with Crippen molar-refractivity contribution in [2.75, 3.05) is 65.6 Å². The number of aliphatic hydroxyl groups excluding tert-OH is 1. The molecule has 0 bridgehead atoms. The molecule has 5 heteroatoms. The van der Waals surface area contributed by atoms with E-state index in [1.54, 1.807) is 0 Å². The first-order chi connectivity index (χ1) is 11.3. The van der Waals surface area contributed by atoms with Gasteiger partial charge in [0.15, 0.2) is 0 Å². The maximum absolute atomic E-state index is 10.5. The summed E-state index contributed by atoms with van der Waals surface area (Å²) in [5.41, 5.74) is 0. The number of rotatable bonds is 5. The van der Waals surface area contributed by atoms with Crippen molar-refractivity contribution in [3.63, 3.8) is 0 Å². The normalized spacial score (nSPS) is 30.9. The van der Waals surface area contributed by atoms with Crippen LogP contribution in [0.1, 0.15) is 38.5 Å². The van der Waals surface area contributed by atoms with Crippen LogP contribution in [0.15, 0.2) is 0 Å². The summed E-state index contributed by atoms with van der Waals surface area (Å²) in [5.74, 6) is 0. The molecule has 0 aliphatic carbocycles. The van der Waals surface area contributed by atoms with Crippen molar-refractivity contribution in [2.24, 2.45) is 0 Å². The van der Waals surface area contributed by atoms with Crippen molar-refractivity contribution in [3.8, 4) is 0 Å². The quantitative estimate of drug-likeness (QED) is 0.817. The molecule has 0 aromatic rings. The molecule has 0 radical (unpaired) electrons. The molecule has 2 atom stereocenters. The molecule has 23 heavy (non-hydrogen) atoms. The van der Waals surface area contributed by atoms with Gasteiger partial charge < -0.3 is 9.84 Å². The molecule has 2 unspecified atom stereocenters. The van der Waals surface area contributed by atoms with Gasteiger partial charge in [0.2, 0.25) is 0 Å². The van der Waals surface area contributed by atoms with Crippen LogP contribution in [-0.4, -0.2) is 97.5 Å². The van der Waals surface area contributed by atoms with Gasteiger partial charge in [0.05, 0.1) is 19.3 Å². The largest absolute Gasteiger partial charge is 0.390 e. The maximum atomic E-state index is 10.5. The van der Waals surface area contributed by atoms with E-state index < -0.39 is 0 Å². The maximum Gasteiger partial charge on any atom is 0.0793 e. The van der Waals surface area contributed by atoms with Gasteiger partial charge in [0.25, 0.3) is 0 Å². The molecule has 5 nitrogen and oxygen atoms in total. The van der Waals surface area contributed by atoms with E-state index in [0.29, 0.717) is 0 Å². The van der Waals surface area contributed by atoms with Crippen molar-refractivity contribution in [1.29, 1.82) is 0 Å². The lowest BCUT2D eigenvalue weighted by molar-refractivity contribution is 0.000711. The SMILES string of the molecule is OC(CN1CCOCC1)CN1CCCC(N2CCCCCC2)C1. The number of β-amino-alcohol motifs (C(OH)–C–C–N with tert-alkyl or cyclic N) is 1. The lowest BCUT2D eigenvalue weighted by atomic mass is 10.0. The second-order valence-electron chi connectivity index (χ2n) is 7.57. The Morgan fingerprint density at radius 2 is 1.52 bits per heavy atom. The van der Waals surface area contributed by atoms with Crippen LogP contribution >= 0.6 is 0 Å². The molecule has 0 amide bonds. The van der Waals surface area contributed by atoms with Crippen LogP contribution in [0, 0.1) is 0 Å². The molecule has 0 aromatic carbocycles. The Morgan fingerprint density at radius 1 is 0.826 bits per heavy atom. The average molecular weight is 325 g/mol. The van der Waals surface area contributed by atoms with Gasteiger partial charge in [-0.1, -0.05) is 12.8 Å². The Morgan fingerprint density at radius 3 is 2.26 bits per heavy atom. The average Bonchev–Trinajstić information content (AvgIpc) is 2.85. The van der Waals surface area contributed by atoms with Crippen molar-refractivity contribution in [1.82, 2.24) is 14.7 Å². The van der Waals surface area contributed by atoms with Gasteiger partial charge in [-0.3, -0.25) is 14.7 Å². The zero-order chi connectivity index (χ0) is 15.9. The van der Waals surface area contributed by atoms with E-state index in [1.807, 2.05) is 0 Å². The molecule has 0 saturated carbocycles. The van der Waals surface area contributed by atoms with Gasteiger partial charge in [-0.15, -0.1) is 0 Å². The minimum absolute atomic E-state index is 0.226. The summed E-state index contributed by atoms with van der Waals surface area (Å²) < 4.78 is 5.38. The molecule has 3 aliphatic heterocycles. The molecular formula is C18H35N3O2. The highest BCUT2D eigenvalue weighted by Crippen LogP contribution is 2.20. The number of ether oxygens (including phenoxy) is 1. The van der Waals surface area contributed by atoms with E-state index in [1.165, 1.54) is 51.6 Å². The fourth-order valence-corrected chi connectivity index (χ4v) is 4.39. The van der Waals surface area contributed by atoms with Crippen molar-refractivity contribution < 1.29 is 9.84 Å². The summed E-state index contributed by atoms with van der Waals surface area (Å²) in [6.07, 6.45) is 7.96. The second-order valence-corrected chi connectivity index (χ2v) is 7.57. The number of nitrogens with zero attached hydrogens (tertiary/aromatic N) is 3. The van der Waals surface area contributed by atoms with Crippen LogP contribution in [-0.2, 0) is 4.74 Å². The number of hydrogen-bond acceptors (Lipinski definition) is 5. The van der Waals surface area contributed by atoms with Gasteiger partial charge in [-0.05, 0) is 45.3 Å². The van der Waals surface area contributed by atoms with Gasteiger partial charge in [0.1, 0.15) is 0 Å². The van der Waals surface area contributed by atoms with Crippen LogP contribution in [0.2, 0.25) is 0 Å². The lowest BCUT2D eigenvalue weighted by Gasteiger charge is -2.40. The smallest absolute Gasteiger partial charge is 0.0793 e. The zero-order valence-corrected chi connectivity index (χ0v) is 14.7. The molecule has 0 aromatic heterocycles. The number of likely N-dealkylation sites (tertiary alicyclic amines) is 2. The first-order valence-corrected chi connectivity index (χ1v) is 9.76. The predicted octanol–water partition coefficient (Wildman–Crippen LogP) is 1.02. The van der Waals surface area contributed by atoms with Crippen LogP contribution < -0.4 is 0 Å². The fourth-order valence-electron chi connectivity index (χ4n) is 4.39. The first-order valence-electron chi connectivity index (χ1n) is 9.76. The Kier molecular flexibility index (Phi) is 7.14. The van der Waals surface area contributed by atoms with Gasteiger partial charge >= 0.3 is 0 Å². The fraction of sp³-hybridized carbons (Fsp3) is 1.00. The van der Waals surface area contributed by atoms with Crippen LogP contribution in [0.3, 0.4) is 0 Å². The molecule has 134 valence electrons. The van der Waals surface area contributed by atoms with Gasteiger partial charge in [0, 0.05) is 38.8 Å². The summed E-state index contributed by atoms with van der Waals surface area (Å²) in [6.45, 7) is 10.1. The highest BCUT2D eigenvalue weighted by Gasteiger charge is 2.27. The summed E-state index contributed by atoms with van der Waals surface area (Å²) >= 11 is 0. The van der Waals surface area contributed by atoms with Gasteiger partial charge in [-0.25, -0.2) is 0 Å². The summed E-state index contributed by atoms with van der Waals surface area (Å²) in [6, 6.07) is 0.720. The Labute approximate surface area is 141 Å². The third-order valence-corrected chi connectivity index (χ3v) is 5.68. The highest BCUT2D eigenvalue weighted by atomic mass is 16.5. The molecule has 3 heterocycles. The van der Waals surface area contributed by atoms with E-state index in [2.05, 4.69) is 14.7 Å². The summed E-state index contributed by atoms with van der Waals surface area (Å²) in [5, 5.41) is 10.5. The van der Waals surface area contributed by atoms with Crippen LogP contribution in [0.25, 0.3) is 0 Å². The Balaban J connectivity index is 1.42. The zero-order valence-electron chi connectivity index (χ0n) is 14.7. The second kappa shape index (κ2) is 9.33. The minimum atomic E-state index is -0.226. The number of aliphatic hydroxyl groups is 1. The topological polar surface area (TPSA) is 39.2 Å². The molecule has 3 saturated heterocycles. The van der Waals surface area contributed by atoms with Crippen molar-refractivity contribution in [3.05, 3.63) is 0 Å². The monoisotopic (exact) mass is 325 g/mol. The third kappa shape index (κ3) is 5.68. The predicted molar refractivity (Wildman–Crippen MR) is 92.8 cm³/mol. The molecule has 3 aliphatic rings. The summed E-state index contributed by atoms with van der Waals surface area (Å²) in [4.78, 5) is 7.57. The summed E-state index contributed by atoms with van der Waals surface area (Å²) in [7, 11) is 0. The third-order valence-electron chi connectivity index (χ3n) is 5.68. The number of hydrogen-bond donors (Lipinski definition) is 1. The van der Waals surface area contributed by atoms with Crippen molar-refractivity contribution in [2.45, 2.75) is 50.7 Å². The molecule has 3 rings (SSSR count). The molecule has 0 spiro atoms.